The van der Waals surface area contributed by atoms with Gasteiger partial charge in [-0.25, -0.2) is 0 Å². The van der Waals surface area contributed by atoms with E-state index in [0.29, 0.717) is 12.0 Å². The van der Waals surface area contributed by atoms with Crippen molar-refractivity contribution in [3.05, 3.63) is 29.8 Å². The molecule has 2 rings (SSSR count). The molecular formula is C16H26N2O. The minimum atomic E-state index is 0.354. The zero-order valence-electron chi connectivity index (χ0n) is 12.1. The third-order valence-electron chi connectivity index (χ3n) is 4.57. The van der Waals surface area contributed by atoms with E-state index in [9.17, 15) is 0 Å². The zero-order chi connectivity index (χ0) is 13.7. The molecule has 1 aliphatic carbocycles. The molecule has 0 aromatic heterocycles. The van der Waals surface area contributed by atoms with Crippen LogP contribution in [0, 0.1) is 11.8 Å². The quantitative estimate of drug-likeness (QED) is 0.612. The van der Waals surface area contributed by atoms with Gasteiger partial charge in [-0.2, -0.15) is 0 Å². The molecule has 0 amide bonds. The Kier molecular flexibility index (Phi) is 5.23. The molecule has 1 fully saturated rings. The average Bonchev–Trinajstić information content (AvgIpc) is 2.93. The van der Waals surface area contributed by atoms with Crippen molar-refractivity contribution in [2.45, 2.75) is 45.1 Å². The lowest BCUT2D eigenvalue weighted by atomic mass is 9.91. The van der Waals surface area contributed by atoms with Gasteiger partial charge in [-0.1, -0.05) is 38.0 Å². The van der Waals surface area contributed by atoms with Crippen LogP contribution in [0.25, 0.3) is 0 Å². The Balaban J connectivity index is 2.03. The number of benzene rings is 1. The Morgan fingerprint density at radius 2 is 2.16 bits per heavy atom. The normalized spacial score (nSPS) is 24.4. The maximum absolute atomic E-state index is 5.79. The van der Waals surface area contributed by atoms with Crippen molar-refractivity contribution in [3.63, 3.8) is 0 Å². The summed E-state index contributed by atoms with van der Waals surface area (Å²) in [5.41, 5.74) is 4.28. The molecule has 1 aromatic carbocycles. The number of rotatable bonds is 6. The Morgan fingerprint density at radius 1 is 1.37 bits per heavy atom. The van der Waals surface area contributed by atoms with Crippen LogP contribution in [0.1, 0.15) is 38.2 Å². The molecule has 3 atom stereocenters. The lowest BCUT2D eigenvalue weighted by molar-refractivity contribution is 0.341. The zero-order valence-corrected chi connectivity index (χ0v) is 12.1. The fourth-order valence-electron chi connectivity index (χ4n) is 3.32. The van der Waals surface area contributed by atoms with Gasteiger partial charge in [0.05, 0.1) is 7.11 Å². The van der Waals surface area contributed by atoms with Gasteiger partial charge in [-0.05, 0) is 42.7 Å². The first-order valence-electron chi connectivity index (χ1n) is 7.36. The summed E-state index contributed by atoms with van der Waals surface area (Å²) < 4.78 is 5.43. The smallest absolute Gasteiger partial charge is 0.122 e. The summed E-state index contributed by atoms with van der Waals surface area (Å²) >= 11 is 0. The summed E-state index contributed by atoms with van der Waals surface area (Å²) in [7, 11) is 1.73. The molecule has 3 heteroatoms. The van der Waals surface area contributed by atoms with Crippen LogP contribution in [0.5, 0.6) is 5.75 Å². The van der Waals surface area contributed by atoms with Crippen LogP contribution < -0.4 is 16.0 Å². The summed E-state index contributed by atoms with van der Waals surface area (Å²) in [6, 6.07) is 8.58. The molecule has 0 radical (unpaired) electrons. The predicted molar refractivity (Wildman–Crippen MR) is 78.9 cm³/mol. The highest BCUT2D eigenvalue weighted by Gasteiger charge is 2.29. The molecule has 0 saturated heterocycles. The summed E-state index contributed by atoms with van der Waals surface area (Å²) in [4.78, 5) is 0. The van der Waals surface area contributed by atoms with Crippen molar-refractivity contribution in [2.75, 3.05) is 7.11 Å². The molecular weight excluding hydrogens is 236 g/mol. The standard InChI is InChI=1S/C16H26N2O/c1-3-12-8-9-13(10-12)15(18-17)11-14-6-4-5-7-16(14)19-2/h4-7,12-13,15,18H,3,8-11,17H2,1-2H3. The first kappa shape index (κ1) is 14.4. The van der Waals surface area contributed by atoms with Crippen LogP contribution in [0.4, 0.5) is 0 Å². The van der Waals surface area contributed by atoms with E-state index in [1.54, 1.807) is 7.11 Å². The van der Waals surface area contributed by atoms with E-state index < -0.39 is 0 Å². The fraction of sp³-hybridized carbons (Fsp3) is 0.625. The van der Waals surface area contributed by atoms with Gasteiger partial charge in [0.1, 0.15) is 5.75 Å². The predicted octanol–water partition coefficient (Wildman–Crippen LogP) is 2.90. The van der Waals surface area contributed by atoms with E-state index in [-0.39, 0.29) is 0 Å². The number of para-hydroxylation sites is 1. The minimum absolute atomic E-state index is 0.354. The van der Waals surface area contributed by atoms with Crippen molar-refractivity contribution in [2.24, 2.45) is 17.7 Å². The number of hydrogen-bond donors (Lipinski definition) is 2. The molecule has 3 nitrogen and oxygen atoms in total. The Bertz CT molecular complexity index is 394. The minimum Gasteiger partial charge on any atom is -0.496 e. The second kappa shape index (κ2) is 6.92. The SMILES string of the molecule is CCC1CCC(C(Cc2ccccc2OC)NN)C1. The second-order valence-corrected chi connectivity index (χ2v) is 5.64. The van der Waals surface area contributed by atoms with Gasteiger partial charge in [0, 0.05) is 6.04 Å². The van der Waals surface area contributed by atoms with Gasteiger partial charge in [0.15, 0.2) is 0 Å². The van der Waals surface area contributed by atoms with Gasteiger partial charge in [0.25, 0.3) is 0 Å². The van der Waals surface area contributed by atoms with E-state index in [1.807, 2.05) is 12.1 Å². The monoisotopic (exact) mass is 262 g/mol. The van der Waals surface area contributed by atoms with Crippen LogP contribution in [0.3, 0.4) is 0 Å². The highest BCUT2D eigenvalue weighted by molar-refractivity contribution is 5.34. The van der Waals surface area contributed by atoms with Crippen LogP contribution in [-0.4, -0.2) is 13.2 Å². The molecule has 1 aromatic rings. The Hall–Kier alpha value is -1.06. The Morgan fingerprint density at radius 3 is 2.79 bits per heavy atom. The topological polar surface area (TPSA) is 47.3 Å². The van der Waals surface area contributed by atoms with E-state index in [1.165, 1.54) is 31.2 Å². The van der Waals surface area contributed by atoms with Crippen LogP contribution in [0.15, 0.2) is 24.3 Å². The average molecular weight is 262 g/mol. The van der Waals surface area contributed by atoms with Crippen LogP contribution in [-0.2, 0) is 6.42 Å². The van der Waals surface area contributed by atoms with Crippen LogP contribution >= 0.6 is 0 Å². The van der Waals surface area contributed by atoms with E-state index >= 15 is 0 Å². The maximum Gasteiger partial charge on any atom is 0.122 e. The van der Waals surface area contributed by atoms with Crippen LogP contribution in [0.2, 0.25) is 0 Å². The van der Waals surface area contributed by atoms with Gasteiger partial charge >= 0.3 is 0 Å². The Labute approximate surface area is 116 Å². The summed E-state index contributed by atoms with van der Waals surface area (Å²) in [5, 5.41) is 0. The van der Waals surface area contributed by atoms with Crippen molar-refractivity contribution < 1.29 is 4.74 Å². The summed E-state index contributed by atoms with van der Waals surface area (Å²) in [5.74, 6) is 8.34. The molecule has 0 heterocycles. The molecule has 0 bridgehead atoms. The van der Waals surface area contributed by atoms with E-state index in [2.05, 4.69) is 24.5 Å². The molecule has 1 saturated carbocycles. The molecule has 0 aliphatic heterocycles. The number of nitrogens with two attached hydrogens (primary N) is 1. The van der Waals surface area contributed by atoms with Crippen molar-refractivity contribution >= 4 is 0 Å². The second-order valence-electron chi connectivity index (χ2n) is 5.64. The van der Waals surface area contributed by atoms with E-state index in [0.717, 1.165) is 18.1 Å². The third kappa shape index (κ3) is 3.48. The molecule has 19 heavy (non-hydrogen) atoms. The van der Waals surface area contributed by atoms with Crippen molar-refractivity contribution in [3.8, 4) is 5.75 Å². The molecule has 0 spiro atoms. The molecule has 106 valence electrons. The molecule has 3 N–H and O–H groups in total. The number of ether oxygens (including phenoxy) is 1. The summed E-state index contributed by atoms with van der Waals surface area (Å²) in [6.45, 7) is 2.29. The number of methoxy groups -OCH3 is 1. The fourth-order valence-corrected chi connectivity index (χ4v) is 3.32. The van der Waals surface area contributed by atoms with Gasteiger partial charge in [-0.3, -0.25) is 11.3 Å². The van der Waals surface area contributed by atoms with Crippen molar-refractivity contribution in [1.29, 1.82) is 0 Å². The molecule has 3 unspecified atom stereocenters. The van der Waals surface area contributed by atoms with E-state index in [4.69, 9.17) is 10.6 Å². The lowest BCUT2D eigenvalue weighted by Gasteiger charge is -2.24. The van der Waals surface area contributed by atoms with Gasteiger partial charge < -0.3 is 4.74 Å². The first-order chi connectivity index (χ1) is 9.28. The largest absolute Gasteiger partial charge is 0.496 e. The number of hydrazine groups is 1. The highest BCUT2D eigenvalue weighted by atomic mass is 16.5. The third-order valence-corrected chi connectivity index (χ3v) is 4.57. The van der Waals surface area contributed by atoms with Gasteiger partial charge in [0.2, 0.25) is 0 Å². The van der Waals surface area contributed by atoms with Gasteiger partial charge in [-0.15, -0.1) is 0 Å². The molecule has 1 aliphatic rings. The van der Waals surface area contributed by atoms with Crippen molar-refractivity contribution in [1.82, 2.24) is 5.43 Å². The first-order valence-corrected chi connectivity index (χ1v) is 7.36. The number of hydrogen-bond acceptors (Lipinski definition) is 3. The lowest BCUT2D eigenvalue weighted by Crippen LogP contribution is -2.41. The maximum atomic E-state index is 5.79. The summed E-state index contributed by atoms with van der Waals surface area (Å²) in [6.07, 6.45) is 6.19. The number of nitrogens with one attached hydrogen (secondary N) is 1. The highest BCUT2D eigenvalue weighted by Crippen LogP contribution is 2.36.